The molecule has 0 aliphatic rings. The topological polar surface area (TPSA) is 62.2 Å². The molecule has 2 N–H and O–H groups in total. The molecule has 1 heterocycles. The Kier molecular flexibility index (Phi) is 5.75. The Hall–Kier alpha value is -0.940. The first-order chi connectivity index (χ1) is 8.47. The highest BCUT2D eigenvalue weighted by atomic mass is 32.1. The number of thiazole rings is 1. The smallest absolute Gasteiger partial charge is 0.263 e. The molecule has 102 valence electrons. The number of aromatic nitrogens is 1. The van der Waals surface area contributed by atoms with Gasteiger partial charge >= 0.3 is 0 Å². The monoisotopic (exact) mass is 270 g/mol. The van der Waals surface area contributed by atoms with Crippen LogP contribution in [0, 0.1) is 12.8 Å². The van der Waals surface area contributed by atoms with Crippen LogP contribution < -0.4 is 5.32 Å². The van der Waals surface area contributed by atoms with E-state index in [4.69, 9.17) is 5.11 Å². The third-order valence-corrected chi connectivity index (χ3v) is 3.67. The van der Waals surface area contributed by atoms with Crippen molar-refractivity contribution in [3.8, 4) is 0 Å². The number of nitrogens with one attached hydrogen (secondary N) is 1. The molecule has 0 aliphatic carbocycles. The largest absolute Gasteiger partial charge is 0.394 e. The zero-order valence-corrected chi connectivity index (χ0v) is 12.3. The summed E-state index contributed by atoms with van der Waals surface area (Å²) >= 11 is 1.42. The van der Waals surface area contributed by atoms with E-state index in [1.807, 2.05) is 13.8 Å². The fraction of sp³-hybridized carbons (Fsp3) is 0.692. The number of hydrogen-bond acceptors (Lipinski definition) is 4. The van der Waals surface area contributed by atoms with Gasteiger partial charge in [0, 0.05) is 0 Å². The molecule has 0 saturated heterocycles. The van der Waals surface area contributed by atoms with Crippen molar-refractivity contribution in [3.05, 3.63) is 15.6 Å². The molecule has 5 heteroatoms. The van der Waals surface area contributed by atoms with Gasteiger partial charge < -0.3 is 10.4 Å². The van der Waals surface area contributed by atoms with Crippen molar-refractivity contribution in [1.82, 2.24) is 10.3 Å². The number of aryl methyl sites for hydroxylation is 1. The fourth-order valence-electron chi connectivity index (χ4n) is 1.70. The average molecular weight is 270 g/mol. The van der Waals surface area contributed by atoms with Gasteiger partial charge in [0.15, 0.2) is 0 Å². The van der Waals surface area contributed by atoms with Crippen molar-refractivity contribution in [3.63, 3.8) is 0 Å². The Morgan fingerprint density at radius 3 is 2.67 bits per heavy atom. The average Bonchev–Trinajstić information content (AvgIpc) is 2.66. The Labute approximate surface area is 112 Å². The third kappa shape index (κ3) is 4.07. The molecule has 0 bridgehead atoms. The lowest BCUT2D eigenvalue weighted by atomic mass is 10.1. The van der Waals surface area contributed by atoms with Gasteiger partial charge in [-0.05, 0) is 25.7 Å². The van der Waals surface area contributed by atoms with Crippen molar-refractivity contribution < 1.29 is 9.90 Å². The highest BCUT2D eigenvalue weighted by Crippen LogP contribution is 2.21. The highest BCUT2D eigenvalue weighted by Gasteiger charge is 2.19. The summed E-state index contributed by atoms with van der Waals surface area (Å²) < 4.78 is 0. The lowest BCUT2D eigenvalue weighted by Crippen LogP contribution is -2.37. The van der Waals surface area contributed by atoms with E-state index in [1.165, 1.54) is 11.3 Å². The van der Waals surface area contributed by atoms with Crippen LogP contribution in [0.1, 0.15) is 47.6 Å². The summed E-state index contributed by atoms with van der Waals surface area (Å²) in [6, 6.07) is -0.174. The lowest BCUT2D eigenvalue weighted by Gasteiger charge is -2.13. The van der Waals surface area contributed by atoms with E-state index in [9.17, 15) is 4.79 Å². The van der Waals surface area contributed by atoms with Crippen molar-refractivity contribution in [2.75, 3.05) is 6.61 Å². The summed E-state index contributed by atoms with van der Waals surface area (Å²) in [5.74, 6) is 0.356. The summed E-state index contributed by atoms with van der Waals surface area (Å²) in [6.45, 7) is 8.04. The summed E-state index contributed by atoms with van der Waals surface area (Å²) in [7, 11) is 0. The van der Waals surface area contributed by atoms with E-state index in [2.05, 4.69) is 24.1 Å². The highest BCUT2D eigenvalue weighted by molar-refractivity contribution is 7.13. The van der Waals surface area contributed by atoms with Crippen LogP contribution >= 0.6 is 11.3 Å². The Morgan fingerprint density at radius 1 is 1.50 bits per heavy atom. The first kappa shape index (κ1) is 15.1. The van der Waals surface area contributed by atoms with Gasteiger partial charge in [-0.1, -0.05) is 20.8 Å². The van der Waals surface area contributed by atoms with Crippen LogP contribution in [0.4, 0.5) is 0 Å². The second-order valence-corrected chi connectivity index (χ2v) is 6.07. The molecule has 0 aliphatic heterocycles. The summed E-state index contributed by atoms with van der Waals surface area (Å²) in [4.78, 5) is 17.3. The minimum absolute atomic E-state index is 0.0282. The molecule has 1 aromatic rings. The molecule has 0 fully saturated rings. The molecular formula is C13H22N2O2S. The van der Waals surface area contributed by atoms with Crippen LogP contribution in [0.15, 0.2) is 0 Å². The standard InChI is InChI=1S/C13H22N2O2S/c1-5-10(7-16)15-13(17)12-11(6-8(2)3)14-9(4)18-12/h8,10,16H,5-7H2,1-4H3,(H,15,17). The molecule has 1 rings (SSSR count). The van der Waals surface area contributed by atoms with Gasteiger partial charge in [0.1, 0.15) is 4.88 Å². The fourth-order valence-corrected chi connectivity index (χ4v) is 2.55. The molecule has 0 saturated carbocycles. The van der Waals surface area contributed by atoms with Crippen molar-refractivity contribution in [2.45, 2.75) is 46.6 Å². The predicted octanol–water partition coefficient (Wildman–Crippen LogP) is 2.15. The molecule has 0 spiro atoms. The molecule has 18 heavy (non-hydrogen) atoms. The van der Waals surface area contributed by atoms with Crippen LogP contribution in [-0.4, -0.2) is 28.6 Å². The normalized spacial score (nSPS) is 12.8. The SMILES string of the molecule is CCC(CO)NC(=O)c1sc(C)nc1CC(C)C. The van der Waals surface area contributed by atoms with Gasteiger partial charge in [0.25, 0.3) is 5.91 Å². The first-order valence-corrected chi connectivity index (χ1v) is 7.17. The summed E-state index contributed by atoms with van der Waals surface area (Å²) in [5.41, 5.74) is 0.873. The molecule has 0 radical (unpaired) electrons. The maximum Gasteiger partial charge on any atom is 0.263 e. The van der Waals surface area contributed by atoms with E-state index >= 15 is 0 Å². The Morgan fingerprint density at radius 2 is 2.17 bits per heavy atom. The van der Waals surface area contributed by atoms with E-state index in [0.29, 0.717) is 10.8 Å². The first-order valence-electron chi connectivity index (χ1n) is 6.35. The molecule has 4 nitrogen and oxygen atoms in total. The number of carbonyl (C=O) groups excluding carboxylic acids is 1. The van der Waals surface area contributed by atoms with Gasteiger partial charge in [-0.3, -0.25) is 4.79 Å². The number of rotatable bonds is 6. The zero-order valence-electron chi connectivity index (χ0n) is 11.5. The van der Waals surface area contributed by atoms with Crippen LogP contribution in [0.5, 0.6) is 0 Å². The third-order valence-electron chi connectivity index (χ3n) is 2.66. The maximum atomic E-state index is 12.1. The van der Waals surface area contributed by atoms with Gasteiger partial charge in [0.05, 0.1) is 23.4 Å². The summed E-state index contributed by atoms with van der Waals surface area (Å²) in [5, 5.41) is 12.9. The van der Waals surface area contributed by atoms with Crippen LogP contribution in [0.3, 0.4) is 0 Å². The van der Waals surface area contributed by atoms with E-state index in [-0.39, 0.29) is 18.6 Å². The van der Waals surface area contributed by atoms with Crippen LogP contribution in [-0.2, 0) is 6.42 Å². The molecule has 1 aromatic heterocycles. The van der Waals surface area contributed by atoms with E-state index in [0.717, 1.165) is 23.5 Å². The number of hydrogen-bond donors (Lipinski definition) is 2. The number of nitrogens with zero attached hydrogens (tertiary/aromatic N) is 1. The lowest BCUT2D eigenvalue weighted by molar-refractivity contribution is 0.0918. The maximum absolute atomic E-state index is 12.1. The molecule has 0 aromatic carbocycles. The van der Waals surface area contributed by atoms with Crippen molar-refractivity contribution in [2.24, 2.45) is 5.92 Å². The number of aliphatic hydroxyl groups is 1. The number of aliphatic hydroxyl groups excluding tert-OH is 1. The molecular weight excluding hydrogens is 248 g/mol. The quantitative estimate of drug-likeness (QED) is 0.832. The van der Waals surface area contributed by atoms with Crippen molar-refractivity contribution >= 4 is 17.2 Å². The second kappa shape index (κ2) is 6.85. The zero-order chi connectivity index (χ0) is 13.7. The summed E-state index contributed by atoms with van der Waals surface area (Å²) in [6.07, 6.45) is 1.53. The van der Waals surface area contributed by atoms with Gasteiger partial charge in [-0.15, -0.1) is 11.3 Å². The van der Waals surface area contributed by atoms with Gasteiger partial charge in [0.2, 0.25) is 0 Å². The Bertz CT molecular complexity index is 398. The molecule has 1 unspecified atom stereocenters. The molecule has 1 amide bonds. The minimum Gasteiger partial charge on any atom is -0.394 e. The van der Waals surface area contributed by atoms with Gasteiger partial charge in [-0.2, -0.15) is 0 Å². The van der Waals surface area contributed by atoms with Crippen LogP contribution in [0.2, 0.25) is 0 Å². The number of amides is 1. The Balaban J connectivity index is 2.84. The number of carbonyl (C=O) groups is 1. The predicted molar refractivity (Wildman–Crippen MR) is 74.0 cm³/mol. The second-order valence-electron chi connectivity index (χ2n) is 4.87. The van der Waals surface area contributed by atoms with Crippen LogP contribution in [0.25, 0.3) is 0 Å². The molecule has 1 atom stereocenters. The van der Waals surface area contributed by atoms with E-state index < -0.39 is 0 Å². The van der Waals surface area contributed by atoms with E-state index in [1.54, 1.807) is 0 Å². The minimum atomic E-state index is -0.174. The van der Waals surface area contributed by atoms with Gasteiger partial charge in [-0.25, -0.2) is 4.98 Å². The van der Waals surface area contributed by atoms with Crippen molar-refractivity contribution in [1.29, 1.82) is 0 Å².